The normalized spacial score (nSPS) is 10.8. The molecule has 0 aliphatic rings. The van der Waals surface area contributed by atoms with Crippen LogP contribution in [0.4, 0.5) is 11.4 Å². The first kappa shape index (κ1) is 16.0. The fourth-order valence-corrected chi connectivity index (χ4v) is 2.50. The Hall–Kier alpha value is -2.86. The number of benzene rings is 2. The van der Waals surface area contributed by atoms with Crippen LogP contribution in [0.15, 0.2) is 53.1 Å². The molecule has 0 aliphatic carbocycles. The summed E-state index contributed by atoms with van der Waals surface area (Å²) in [5, 5.41) is 16.6. The largest absolute Gasteiger partial charge is 0.395 e. The molecule has 0 bridgehead atoms. The van der Waals surface area contributed by atoms with Crippen LogP contribution in [0.1, 0.15) is 5.69 Å². The number of carbonyl (C=O) groups excluding carboxylic acids is 1. The molecule has 1 heterocycles. The Morgan fingerprint density at radius 1 is 1.21 bits per heavy atom. The molecule has 1 amide bonds. The van der Waals surface area contributed by atoms with E-state index in [9.17, 15) is 4.79 Å². The number of para-hydroxylation sites is 1. The van der Waals surface area contributed by atoms with Crippen LogP contribution in [0.3, 0.4) is 0 Å². The van der Waals surface area contributed by atoms with E-state index in [2.05, 4.69) is 10.5 Å². The lowest BCUT2D eigenvalue weighted by atomic mass is 10.1. The second-order valence-electron chi connectivity index (χ2n) is 5.54. The number of aromatic nitrogens is 1. The summed E-state index contributed by atoms with van der Waals surface area (Å²) in [4.78, 5) is 14.1. The zero-order valence-corrected chi connectivity index (χ0v) is 13.4. The van der Waals surface area contributed by atoms with Gasteiger partial charge in [-0.15, -0.1) is 0 Å². The Balaban J connectivity index is 1.64. The topological polar surface area (TPSA) is 78.6 Å². The van der Waals surface area contributed by atoms with Crippen molar-refractivity contribution in [3.8, 4) is 0 Å². The van der Waals surface area contributed by atoms with Crippen molar-refractivity contribution < 1.29 is 14.4 Å². The van der Waals surface area contributed by atoms with E-state index in [0.717, 1.165) is 11.1 Å². The Bertz CT molecular complexity index is 827. The number of fused-ring (bicyclic) bond motifs is 1. The van der Waals surface area contributed by atoms with Gasteiger partial charge in [-0.05, 0) is 36.4 Å². The van der Waals surface area contributed by atoms with Crippen LogP contribution in [0.2, 0.25) is 0 Å². The number of amides is 1. The maximum absolute atomic E-state index is 12.2. The summed E-state index contributed by atoms with van der Waals surface area (Å²) >= 11 is 0. The first-order valence-corrected chi connectivity index (χ1v) is 7.72. The third-order valence-electron chi connectivity index (χ3n) is 3.81. The number of nitrogens with one attached hydrogen (secondary N) is 1. The molecule has 3 rings (SSSR count). The van der Waals surface area contributed by atoms with Crippen molar-refractivity contribution in [1.82, 2.24) is 5.16 Å². The summed E-state index contributed by atoms with van der Waals surface area (Å²) in [6.07, 6.45) is 0.156. The molecular weight excluding hydrogens is 306 g/mol. The predicted molar refractivity (Wildman–Crippen MR) is 93.1 cm³/mol. The van der Waals surface area contributed by atoms with Crippen molar-refractivity contribution in [1.29, 1.82) is 0 Å². The number of nitrogens with zero attached hydrogens (tertiary/aromatic N) is 2. The van der Waals surface area contributed by atoms with Crippen LogP contribution in [0.25, 0.3) is 11.0 Å². The molecule has 0 fully saturated rings. The zero-order valence-electron chi connectivity index (χ0n) is 13.4. The minimum atomic E-state index is -0.148. The van der Waals surface area contributed by atoms with E-state index >= 15 is 0 Å². The molecule has 124 valence electrons. The van der Waals surface area contributed by atoms with E-state index in [1.165, 1.54) is 0 Å². The minimum Gasteiger partial charge on any atom is -0.395 e. The van der Waals surface area contributed by atoms with Gasteiger partial charge in [-0.25, -0.2) is 0 Å². The molecule has 0 saturated carbocycles. The number of carbonyl (C=O) groups is 1. The van der Waals surface area contributed by atoms with Gasteiger partial charge < -0.3 is 19.8 Å². The van der Waals surface area contributed by atoms with Gasteiger partial charge in [0.15, 0.2) is 5.58 Å². The number of aliphatic hydroxyl groups is 1. The average Bonchev–Trinajstić information content (AvgIpc) is 2.99. The van der Waals surface area contributed by atoms with Crippen molar-refractivity contribution in [2.24, 2.45) is 0 Å². The second-order valence-corrected chi connectivity index (χ2v) is 5.54. The zero-order chi connectivity index (χ0) is 16.9. The molecule has 3 aromatic rings. The van der Waals surface area contributed by atoms with Gasteiger partial charge in [0.05, 0.1) is 13.0 Å². The van der Waals surface area contributed by atoms with Crippen molar-refractivity contribution in [2.45, 2.75) is 6.42 Å². The maximum Gasteiger partial charge on any atom is 0.230 e. The Morgan fingerprint density at radius 2 is 1.96 bits per heavy atom. The number of likely N-dealkylation sites (N-methyl/N-ethyl adjacent to an activating group) is 1. The van der Waals surface area contributed by atoms with E-state index in [4.69, 9.17) is 9.63 Å². The number of rotatable bonds is 6. The first-order valence-electron chi connectivity index (χ1n) is 7.72. The van der Waals surface area contributed by atoms with Crippen molar-refractivity contribution in [3.63, 3.8) is 0 Å². The highest BCUT2D eigenvalue weighted by molar-refractivity contribution is 5.94. The molecule has 1 aromatic heterocycles. The molecule has 0 saturated heterocycles. The molecule has 0 unspecified atom stereocenters. The van der Waals surface area contributed by atoms with Gasteiger partial charge in [0.1, 0.15) is 5.69 Å². The Kier molecular flexibility index (Phi) is 4.77. The predicted octanol–water partition coefficient (Wildman–Crippen LogP) is 2.44. The van der Waals surface area contributed by atoms with Crippen molar-refractivity contribution in [3.05, 3.63) is 54.2 Å². The minimum absolute atomic E-state index is 0.0979. The highest BCUT2D eigenvalue weighted by atomic mass is 16.5. The number of hydrogen-bond donors (Lipinski definition) is 2. The lowest BCUT2D eigenvalue weighted by Crippen LogP contribution is -2.21. The van der Waals surface area contributed by atoms with Gasteiger partial charge in [-0.2, -0.15) is 0 Å². The second kappa shape index (κ2) is 7.14. The number of anilines is 2. The molecule has 0 aliphatic heterocycles. The molecule has 24 heavy (non-hydrogen) atoms. The lowest BCUT2D eigenvalue weighted by molar-refractivity contribution is -0.115. The SMILES string of the molecule is CN(CCO)c1ccc(NC(=O)Cc2noc3ccccc23)cc1. The third-order valence-corrected chi connectivity index (χ3v) is 3.81. The van der Waals surface area contributed by atoms with E-state index in [-0.39, 0.29) is 18.9 Å². The Morgan fingerprint density at radius 3 is 2.71 bits per heavy atom. The summed E-state index contributed by atoms with van der Waals surface area (Å²) in [5.41, 5.74) is 3.00. The summed E-state index contributed by atoms with van der Waals surface area (Å²) in [6, 6.07) is 14.9. The fourth-order valence-electron chi connectivity index (χ4n) is 2.50. The molecule has 0 spiro atoms. The summed E-state index contributed by atoms with van der Waals surface area (Å²) < 4.78 is 5.21. The van der Waals surface area contributed by atoms with Crippen LogP contribution in [0.5, 0.6) is 0 Å². The first-order chi connectivity index (χ1) is 11.7. The molecule has 0 atom stereocenters. The fraction of sp³-hybridized carbons (Fsp3) is 0.222. The summed E-state index contributed by atoms with van der Waals surface area (Å²) in [5.74, 6) is -0.148. The van der Waals surface area contributed by atoms with E-state index < -0.39 is 0 Å². The monoisotopic (exact) mass is 325 g/mol. The standard InChI is InChI=1S/C18H19N3O3/c1-21(10-11-22)14-8-6-13(7-9-14)19-18(23)12-16-15-4-2-3-5-17(15)24-20-16/h2-9,22H,10-12H2,1H3,(H,19,23). The smallest absolute Gasteiger partial charge is 0.230 e. The third kappa shape index (κ3) is 3.55. The van der Waals surface area contributed by atoms with Gasteiger partial charge in [-0.1, -0.05) is 17.3 Å². The average molecular weight is 325 g/mol. The van der Waals surface area contributed by atoms with Gasteiger partial charge >= 0.3 is 0 Å². The quantitative estimate of drug-likeness (QED) is 0.728. The number of aliphatic hydroxyl groups excluding tert-OH is 1. The van der Waals surface area contributed by atoms with Crippen LogP contribution >= 0.6 is 0 Å². The highest BCUT2D eigenvalue weighted by Crippen LogP contribution is 2.20. The van der Waals surface area contributed by atoms with Crippen LogP contribution in [-0.2, 0) is 11.2 Å². The lowest BCUT2D eigenvalue weighted by Gasteiger charge is -2.18. The Labute approximate surface area is 139 Å². The molecule has 6 heteroatoms. The van der Waals surface area contributed by atoms with Crippen molar-refractivity contribution in [2.75, 3.05) is 30.4 Å². The molecule has 0 radical (unpaired) electrons. The van der Waals surface area contributed by atoms with Gasteiger partial charge in [0.25, 0.3) is 0 Å². The molecule has 6 nitrogen and oxygen atoms in total. The number of hydrogen-bond acceptors (Lipinski definition) is 5. The van der Waals surface area contributed by atoms with E-state index in [0.29, 0.717) is 23.5 Å². The summed E-state index contributed by atoms with van der Waals surface area (Å²) in [7, 11) is 1.90. The molecule has 2 aromatic carbocycles. The van der Waals surface area contributed by atoms with E-state index in [1.807, 2.05) is 60.5 Å². The van der Waals surface area contributed by atoms with E-state index in [1.54, 1.807) is 0 Å². The van der Waals surface area contributed by atoms with Gasteiger partial charge in [0.2, 0.25) is 5.91 Å². The van der Waals surface area contributed by atoms with Gasteiger partial charge in [0, 0.05) is 30.4 Å². The maximum atomic E-state index is 12.2. The van der Waals surface area contributed by atoms with Crippen LogP contribution in [0, 0.1) is 0 Å². The van der Waals surface area contributed by atoms with Gasteiger partial charge in [-0.3, -0.25) is 4.79 Å². The molecular formula is C18H19N3O3. The highest BCUT2D eigenvalue weighted by Gasteiger charge is 2.12. The molecule has 2 N–H and O–H groups in total. The van der Waals surface area contributed by atoms with Crippen molar-refractivity contribution >= 4 is 28.3 Å². The summed E-state index contributed by atoms with van der Waals surface area (Å²) in [6.45, 7) is 0.658. The van der Waals surface area contributed by atoms with Crippen LogP contribution < -0.4 is 10.2 Å². The van der Waals surface area contributed by atoms with Crippen LogP contribution in [-0.4, -0.2) is 36.4 Å².